The van der Waals surface area contributed by atoms with Gasteiger partial charge in [-0.25, -0.2) is 29.9 Å². The molecule has 8 heteroatoms. The van der Waals surface area contributed by atoms with Crippen LogP contribution in [0.4, 0.5) is 0 Å². The first-order chi connectivity index (χ1) is 30.7. The van der Waals surface area contributed by atoms with Crippen LogP contribution in [0.25, 0.3) is 123 Å². The van der Waals surface area contributed by atoms with Crippen molar-refractivity contribution in [1.29, 1.82) is 0 Å². The summed E-state index contributed by atoms with van der Waals surface area (Å²) in [6.07, 6.45) is 0. The predicted molar refractivity (Wildman–Crippen MR) is 246 cm³/mol. The average molecular weight is 797 g/mol. The Balaban J connectivity index is 1.01. The lowest BCUT2D eigenvalue weighted by Gasteiger charge is -2.11. The highest BCUT2D eigenvalue weighted by Crippen LogP contribution is 2.43. The van der Waals surface area contributed by atoms with Gasteiger partial charge >= 0.3 is 0 Å². The van der Waals surface area contributed by atoms with Crippen molar-refractivity contribution in [2.45, 2.75) is 0 Å². The summed E-state index contributed by atoms with van der Waals surface area (Å²) in [5, 5.41) is 3.99. The Morgan fingerprint density at radius 1 is 0.242 bits per heavy atom. The van der Waals surface area contributed by atoms with E-state index in [1.807, 2.05) is 146 Å². The van der Waals surface area contributed by atoms with Gasteiger partial charge in [-0.2, -0.15) is 0 Å². The normalized spacial score (nSPS) is 11.5. The Morgan fingerprint density at radius 3 is 1.21 bits per heavy atom. The minimum absolute atomic E-state index is 0.492. The zero-order valence-corrected chi connectivity index (χ0v) is 33.0. The van der Waals surface area contributed by atoms with Gasteiger partial charge in [0.25, 0.3) is 0 Å². The first kappa shape index (κ1) is 35.3. The van der Waals surface area contributed by atoms with Crippen molar-refractivity contribution in [1.82, 2.24) is 29.9 Å². The van der Waals surface area contributed by atoms with Gasteiger partial charge < -0.3 is 8.83 Å². The Kier molecular flexibility index (Phi) is 8.31. The van der Waals surface area contributed by atoms with Crippen LogP contribution in [-0.2, 0) is 0 Å². The lowest BCUT2D eigenvalue weighted by Crippen LogP contribution is -2.01. The second-order valence-electron chi connectivity index (χ2n) is 15.0. The SMILES string of the molecule is c1ccc(-c2nc(-c3ccccc3)nc(-c3ccc(-c4ccc(-c5nc(-c6ccccc6)nc(-c6cccc7c6oc6ccccc67)n5)c5oc6ccccc6c45)cc3)n2)cc1. The van der Waals surface area contributed by atoms with Crippen molar-refractivity contribution in [2.75, 3.05) is 0 Å². The van der Waals surface area contributed by atoms with Gasteiger partial charge in [-0.3, -0.25) is 0 Å². The molecule has 0 saturated heterocycles. The average Bonchev–Trinajstić information content (AvgIpc) is 3.94. The van der Waals surface area contributed by atoms with Gasteiger partial charge in [0.2, 0.25) is 0 Å². The largest absolute Gasteiger partial charge is 0.455 e. The molecule has 8 nitrogen and oxygen atoms in total. The molecule has 0 aliphatic rings. The molecule has 4 aromatic heterocycles. The summed E-state index contributed by atoms with van der Waals surface area (Å²) in [6.45, 7) is 0. The van der Waals surface area contributed by atoms with Gasteiger partial charge in [-0.05, 0) is 35.4 Å². The zero-order chi connectivity index (χ0) is 41.0. The molecular weight excluding hydrogens is 765 g/mol. The summed E-state index contributed by atoms with van der Waals surface area (Å²) in [5.41, 5.74) is 10.1. The topological polar surface area (TPSA) is 104 Å². The van der Waals surface area contributed by atoms with E-state index < -0.39 is 0 Å². The van der Waals surface area contributed by atoms with Crippen LogP contribution in [-0.4, -0.2) is 29.9 Å². The van der Waals surface area contributed by atoms with Crippen molar-refractivity contribution in [3.63, 3.8) is 0 Å². The molecule has 4 heterocycles. The fraction of sp³-hybridized carbons (Fsp3) is 0. The summed E-state index contributed by atoms with van der Waals surface area (Å²) in [5.74, 6) is 3.38. The summed E-state index contributed by atoms with van der Waals surface area (Å²) >= 11 is 0. The Morgan fingerprint density at radius 2 is 0.629 bits per heavy atom. The van der Waals surface area contributed by atoms with Gasteiger partial charge in [0.05, 0.1) is 11.1 Å². The van der Waals surface area contributed by atoms with E-state index in [1.54, 1.807) is 0 Å². The molecule has 12 rings (SSSR count). The quantitative estimate of drug-likeness (QED) is 0.157. The molecule has 0 saturated carbocycles. The first-order valence-corrected chi connectivity index (χ1v) is 20.4. The van der Waals surface area contributed by atoms with Crippen LogP contribution in [0.2, 0.25) is 0 Å². The summed E-state index contributed by atoms with van der Waals surface area (Å²) in [6, 6.07) is 64.8. The molecule has 0 bridgehead atoms. The van der Waals surface area contributed by atoms with E-state index in [0.717, 1.165) is 82.8 Å². The fourth-order valence-corrected chi connectivity index (χ4v) is 8.24. The standard InChI is InChI=1S/C54H32N6O2/c1-4-15-34(16-5-1)49-55-50(35-17-6-2-7-18-35)57-52(56-49)37-29-27-33(28-30-37)38-31-32-43(48-46(38)41-22-11-13-26-45(41)62-48)54-59-51(36-19-8-3-9-20-36)58-53(60-54)42-24-14-23-40-39-21-10-12-25-44(39)61-47(40)42/h1-32H. The minimum atomic E-state index is 0.492. The molecule has 0 spiro atoms. The van der Waals surface area contributed by atoms with E-state index in [1.165, 1.54) is 0 Å². The van der Waals surface area contributed by atoms with E-state index in [0.29, 0.717) is 40.5 Å². The number of nitrogens with zero attached hydrogens (tertiary/aromatic N) is 6. The van der Waals surface area contributed by atoms with E-state index in [9.17, 15) is 0 Å². The summed E-state index contributed by atoms with van der Waals surface area (Å²) in [4.78, 5) is 30.1. The molecule has 0 atom stereocenters. The Labute approximate surface area is 354 Å². The van der Waals surface area contributed by atoms with Gasteiger partial charge in [0, 0.05) is 43.8 Å². The number of benzene rings is 8. The second-order valence-corrected chi connectivity index (χ2v) is 15.0. The minimum Gasteiger partial charge on any atom is -0.455 e. The van der Waals surface area contributed by atoms with E-state index in [-0.39, 0.29) is 0 Å². The van der Waals surface area contributed by atoms with Crippen LogP contribution in [0.3, 0.4) is 0 Å². The van der Waals surface area contributed by atoms with Gasteiger partial charge in [-0.15, -0.1) is 0 Å². The van der Waals surface area contributed by atoms with Crippen molar-refractivity contribution >= 4 is 43.9 Å². The summed E-state index contributed by atoms with van der Waals surface area (Å²) in [7, 11) is 0. The lowest BCUT2D eigenvalue weighted by molar-refractivity contribution is 0.669. The van der Waals surface area contributed by atoms with E-state index in [2.05, 4.69) is 48.5 Å². The van der Waals surface area contributed by atoms with Gasteiger partial charge in [0.15, 0.2) is 34.9 Å². The van der Waals surface area contributed by atoms with E-state index in [4.69, 9.17) is 38.7 Å². The molecule has 0 fully saturated rings. The van der Waals surface area contributed by atoms with E-state index >= 15 is 0 Å². The molecule has 0 radical (unpaired) electrons. The van der Waals surface area contributed by atoms with Crippen molar-refractivity contribution in [3.05, 3.63) is 194 Å². The predicted octanol–water partition coefficient (Wildman–Crippen LogP) is 13.5. The number of hydrogen-bond donors (Lipinski definition) is 0. The first-order valence-electron chi connectivity index (χ1n) is 20.4. The van der Waals surface area contributed by atoms with Gasteiger partial charge in [-0.1, -0.05) is 170 Å². The third-order valence-corrected chi connectivity index (χ3v) is 11.2. The third kappa shape index (κ3) is 6.09. The summed E-state index contributed by atoms with van der Waals surface area (Å²) < 4.78 is 13.2. The number of hydrogen-bond acceptors (Lipinski definition) is 8. The smallest absolute Gasteiger partial charge is 0.167 e. The number of aromatic nitrogens is 6. The molecule has 12 aromatic rings. The highest BCUT2D eigenvalue weighted by atomic mass is 16.3. The molecule has 290 valence electrons. The van der Waals surface area contributed by atoms with Crippen LogP contribution >= 0.6 is 0 Å². The lowest BCUT2D eigenvalue weighted by atomic mass is 9.96. The van der Waals surface area contributed by atoms with Crippen LogP contribution < -0.4 is 0 Å². The molecular formula is C54H32N6O2. The number of rotatable bonds is 7. The zero-order valence-electron chi connectivity index (χ0n) is 33.0. The molecule has 0 aliphatic heterocycles. The van der Waals surface area contributed by atoms with Gasteiger partial charge in [0.1, 0.15) is 22.3 Å². The maximum Gasteiger partial charge on any atom is 0.167 e. The Bertz CT molecular complexity index is 3570. The van der Waals surface area contributed by atoms with Crippen molar-refractivity contribution < 1.29 is 8.83 Å². The van der Waals surface area contributed by atoms with Crippen LogP contribution in [0.1, 0.15) is 0 Å². The fourth-order valence-electron chi connectivity index (χ4n) is 8.24. The molecule has 62 heavy (non-hydrogen) atoms. The number of furan rings is 2. The Hall–Kier alpha value is -8.62. The maximum absolute atomic E-state index is 6.76. The molecule has 0 aliphatic carbocycles. The van der Waals surface area contributed by atoms with Crippen molar-refractivity contribution in [2.24, 2.45) is 0 Å². The molecule has 0 unspecified atom stereocenters. The number of para-hydroxylation sites is 3. The highest BCUT2D eigenvalue weighted by molar-refractivity contribution is 6.16. The highest BCUT2D eigenvalue weighted by Gasteiger charge is 2.23. The third-order valence-electron chi connectivity index (χ3n) is 11.2. The monoisotopic (exact) mass is 796 g/mol. The van der Waals surface area contributed by atoms with Crippen LogP contribution in [0.15, 0.2) is 203 Å². The number of fused-ring (bicyclic) bond motifs is 6. The molecule has 8 aromatic carbocycles. The van der Waals surface area contributed by atoms with Crippen molar-refractivity contribution in [3.8, 4) is 79.5 Å². The second kappa shape index (κ2) is 14.6. The maximum atomic E-state index is 6.76. The molecule has 0 amide bonds. The van der Waals surface area contributed by atoms with Crippen LogP contribution in [0.5, 0.6) is 0 Å². The van der Waals surface area contributed by atoms with Crippen LogP contribution in [0, 0.1) is 0 Å². The molecule has 0 N–H and O–H groups in total.